The van der Waals surface area contributed by atoms with Crippen molar-refractivity contribution in [1.82, 2.24) is 5.32 Å². The van der Waals surface area contributed by atoms with Gasteiger partial charge in [-0.05, 0) is 37.8 Å². The average molecular weight is 413 g/mol. The van der Waals surface area contributed by atoms with Crippen LogP contribution in [0.1, 0.15) is 55.5 Å². The summed E-state index contributed by atoms with van der Waals surface area (Å²) in [5.41, 5.74) is 1.39. The number of hydrogen-bond donors (Lipinski definition) is 1. The fraction of sp³-hybridized carbons (Fsp3) is 0.571. The molecule has 0 unspecified atom stereocenters. The van der Waals surface area contributed by atoms with E-state index in [2.05, 4.69) is 10.1 Å². The maximum absolute atomic E-state index is 14.1. The van der Waals surface area contributed by atoms with Crippen molar-refractivity contribution >= 4 is 17.8 Å². The minimum Gasteiger partial charge on any atom is -0.467 e. The van der Waals surface area contributed by atoms with E-state index in [9.17, 15) is 23.2 Å². The Balaban J connectivity index is 2.45. The number of ether oxygens (including phenoxy) is 2. The highest BCUT2D eigenvalue weighted by molar-refractivity contribution is 5.89. The number of aryl methyl sites for hydroxylation is 1. The normalized spacial score (nSPS) is 13.3. The van der Waals surface area contributed by atoms with Gasteiger partial charge >= 0.3 is 17.9 Å². The number of nitrogens with one attached hydrogen (secondary N) is 1. The Bertz CT molecular complexity index is 691. The maximum Gasteiger partial charge on any atom is 0.338 e. The number of unbranched alkanes of at least 4 members (excludes halogenated alkanes) is 1. The molecule has 0 aliphatic rings. The van der Waals surface area contributed by atoms with Crippen LogP contribution in [0.2, 0.25) is 0 Å². The van der Waals surface area contributed by atoms with Gasteiger partial charge in [0.2, 0.25) is 0 Å². The first-order valence-corrected chi connectivity index (χ1v) is 9.62. The topological polar surface area (TPSA) is 81.7 Å². The first kappa shape index (κ1) is 24.5. The van der Waals surface area contributed by atoms with Crippen LogP contribution in [0, 0.1) is 12.8 Å². The Morgan fingerprint density at radius 3 is 2.31 bits per heavy atom. The molecule has 0 saturated heterocycles. The first-order chi connectivity index (χ1) is 13.6. The molecular formula is C21H29F2NO5. The van der Waals surface area contributed by atoms with E-state index in [-0.39, 0.29) is 25.4 Å². The molecule has 0 heterocycles. The molecule has 1 aromatic carbocycles. The predicted octanol–water partition coefficient (Wildman–Crippen LogP) is 3.66. The van der Waals surface area contributed by atoms with Crippen LogP contribution in [-0.4, -0.2) is 43.5 Å². The van der Waals surface area contributed by atoms with E-state index in [4.69, 9.17) is 4.74 Å². The molecule has 1 rings (SSSR count). The summed E-state index contributed by atoms with van der Waals surface area (Å²) >= 11 is 0. The van der Waals surface area contributed by atoms with Gasteiger partial charge in [0.1, 0.15) is 6.04 Å². The molecule has 0 aromatic heterocycles. The van der Waals surface area contributed by atoms with Gasteiger partial charge in [-0.3, -0.25) is 4.79 Å². The molecule has 29 heavy (non-hydrogen) atoms. The van der Waals surface area contributed by atoms with Crippen molar-refractivity contribution in [2.24, 2.45) is 5.92 Å². The molecule has 0 radical (unpaired) electrons. The van der Waals surface area contributed by atoms with Gasteiger partial charge in [-0.1, -0.05) is 38.0 Å². The number of halogens is 2. The van der Waals surface area contributed by atoms with E-state index in [1.54, 1.807) is 38.1 Å². The van der Waals surface area contributed by atoms with Gasteiger partial charge < -0.3 is 14.8 Å². The lowest BCUT2D eigenvalue weighted by Gasteiger charge is -2.24. The van der Waals surface area contributed by atoms with Crippen LogP contribution in [0.5, 0.6) is 0 Å². The molecule has 1 aromatic rings. The van der Waals surface area contributed by atoms with Crippen molar-refractivity contribution < 1.29 is 32.6 Å². The quantitative estimate of drug-likeness (QED) is 0.442. The second-order valence-electron chi connectivity index (χ2n) is 7.02. The number of benzene rings is 1. The van der Waals surface area contributed by atoms with E-state index in [1.165, 1.54) is 0 Å². The summed E-state index contributed by atoms with van der Waals surface area (Å²) in [6.07, 6.45) is -0.0344. The van der Waals surface area contributed by atoms with Gasteiger partial charge in [-0.2, -0.15) is 8.78 Å². The smallest absolute Gasteiger partial charge is 0.338 e. The maximum atomic E-state index is 14.1. The molecule has 0 fully saturated rings. The highest BCUT2D eigenvalue weighted by Crippen LogP contribution is 2.23. The summed E-state index contributed by atoms with van der Waals surface area (Å²) in [6, 6.07) is 5.68. The van der Waals surface area contributed by atoms with Gasteiger partial charge in [-0.15, -0.1) is 0 Å². The molecule has 2 atom stereocenters. The Morgan fingerprint density at radius 2 is 1.76 bits per heavy atom. The third-order valence-electron chi connectivity index (χ3n) is 4.69. The number of amides is 1. The molecule has 0 aliphatic carbocycles. The van der Waals surface area contributed by atoms with E-state index in [0.29, 0.717) is 12.0 Å². The van der Waals surface area contributed by atoms with Crippen LogP contribution in [0.15, 0.2) is 24.3 Å². The monoisotopic (exact) mass is 413 g/mol. The van der Waals surface area contributed by atoms with Crippen molar-refractivity contribution in [2.45, 2.75) is 58.4 Å². The number of hydrogen-bond acceptors (Lipinski definition) is 5. The molecule has 0 bridgehead atoms. The summed E-state index contributed by atoms with van der Waals surface area (Å²) < 4.78 is 37.9. The van der Waals surface area contributed by atoms with E-state index >= 15 is 0 Å². The van der Waals surface area contributed by atoms with Crippen molar-refractivity contribution in [1.29, 1.82) is 0 Å². The van der Waals surface area contributed by atoms with Crippen LogP contribution < -0.4 is 5.32 Å². The van der Waals surface area contributed by atoms with E-state index < -0.39 is 36.2 Å². The summed E-state index contributed by atoms with van der Waals surface area (Å²) in [7, 11) is 1.14. The average Bonchev–Trinajstić information content (AvgIpc) is 2.70. The molecule has 0 saturated carbocycles. The zero-order valence-corrected chi connectivity index (χ0v) is 17.3. The zero-order valence-electron chi connectivity index (χ0n) is 17.3. The van der Waals surface area contributed by atoms with E-state index in [0.717, 1.165) is 12.7 Å². The molecule has 6 nitrogen and oxygen atoms in total. The van der Waals surface area contributed by atoms with E-state index in [1.807, 2.05) is 6.92 Å². The number of methoxy groups -OCH3 is 1. The Kier molecular flexibility index (Phi) is 9.71. The predicted molar refractivity (Wildman–Crippen MR) is 104 cm³/mol. The highest BCUT2D eigenvalue weighted by Gasteiger charge is 2.41. The van der Waals surface area contributed by atoms with Crippen molar-refractivity contribution in [3.05, 3.63) is 35.4 Å². The molecule has 8 heteroatoms. The van der Waals surface area contributed by atoms with Crippen LogP contribution >= 0.6 is 0 Å². The lowest BCUT2D eigenvalue weighted by molar-refractivity contribution is -0.154. The Hall–Kier alpha value is -2.51. The van der Waals surface area contributed by atoms with Gasteiger partial charge in [0, 0.05) is 6.42 Å². The number of carbonyl (C=O) groups excluding carboxylic acids is 3. The van der Waals surface area contributed by atoms with Gasteiger partial charge in [0.15, 0.2) is 0 Å². The van der Waals surface area contributed by atoms with Crippen LogP contribution in [0.3, 0.4) is 0 Å². The molecule has 1 N–H and O–H groups in total. The third kappa shape index (κ3) is 7.79. The summed E-state index contributed by atoms with van der Waals surface area (Å²) in [6.45, 7) is 5.31. The van der Waals surface area contributed by atoms with Gasteiger partial charge in [0.05, 0.1) is 19.3 Å². The first-order valence-electron chi connectivity index (χ1n) is 9.62. The summed E-state index contributed by atoms with van der Waals surface area (Å²) in [5, 5.41) is 2.09. The SMILES string of the molecule is CC[C@H](C)[C@H](NC(=O)C(F)(F)CCCCOC(=O)c1ccc(C)cc1)C(=O)OC. The number of carbonyl (C=O) groups is 3. The van der Waals surface area contributed by atoms with Crippen molar-refractivity contribution in [3.8, 4) is 0 Å². The second kappa shape index (κ2) is 11.5. The highest BCUT2D eigenvalue weighted by atomic mass is 19.3. The molecule has 0 spiro atoms. The molecule has 162 valence electrons. The fourth-order valence-electron chi connectivity index (χ4n) is 2.54. The third-order valence-corrected chi connectivity index (χ3v) is 4.69. The lowest BCUT2D eigenvalue weighted by Crippen LogP contribution is -2.51. The number of alkyl halides is 2. The molecular weight excluding hydrogens is 384 g/mol. The van der Waals surface area contributed by atoms with Crippen LogP contribution in [0.25, 0.3) is 0 Å². The Morgan fingerprint density at radius 1 is 1.14 bits per heavy atom. The minimum absolute atomic E-state index is 0.0200. The second-order valence-corrected chi connectivity index (χ2v) is 7.02. The minimum atomic E-state index is -3.64. The van der Waals surface area contributed by atoms with Crippen molar-refractivity contribution in [3.63, 3.8) is 0 Å². The van der Waals surface area contributed by atoms with Gasteiger partial charge in [0.25, 0.3) is 5.91 Å². The largest absolute Gasteiger partial charge is 0.467 e. The van der Waals surface area contributed by atoms with Crippen LogP contribution in [0.4, 0.5) is 8.78 Å². The molecule has 1 amide bonds. The number of rotatable bonds is 11. The summed E-state index contributed by atoms with van der Waals surface area (Å²) in [5.74, 6) is -6.77. The molecule has 0 aliphatic heterocycles. The number of esters is 2. The Labute approximate surface area is 169 Å². The fourth-order valence-corrected chi connectivity index (χ4v) is 2.54. The standard InChI is InChI=1S/C21H29F2NO5/c1-5-15(3)17(19(26)28-4)24-20(27)21(22,23)12-6-7-13-29-18(25)16-10-8-14(2)9-11-16/h8-11,15,17H,5-7,12-13H2,1-4H3,(H,24,27)/t15-,17-/m0/s1. The summed E-state index contributed by atoms with van der Waals surface area (Å²) in [4.78, 5) is 35.5. The van der Waals surface area contributed by atoms with Crippen molar-refractivity contribution in [2.75, 3.05) is 13.7 Å². The van der Waals surface area contributed by atoms with Gasteiger partial charge in [-0.25, -0.2) is 9.59 Å². The van der Waals surface area contributed by atoms with Crippen LogP contribution in [-0.2, 0) is 19.1 Å². The zero-order chi connectivity index (χ0) is 22.0. The lowest BCUT2D eigenvalue weighted by atomic mass is 9.98.